The molecule has 0 spiro atoms. The minimum atomic E-state index is -0.744. The molecular formula is C15H13FN2O3. The van der Waals surface area contributed by atoms with E-state index in [1.165, 1.54) is 6.92 Å². The molecule has 1 N–H and O–H groups in total. The predicted molar refractivity (Wildman–Crippen MR) is 75.4 cm³/mol. The molecule has 0 saturated heterocycles. The quantitative estimate of drug-likeness (QED) is 0.694. The van der Waals surface area contributed by atoms with Crippen molar-refractivity contribution in [3.63, 3.8) is 0 Å². The van der Waals surface area contributed by atoms with Gasteiger partial charge in [-0.1, -0.05) is 30.3 Å². The van der Waals surface area contributed by atoms with Crippen molar-refractivity contribution >= 4 is 11.6 Å². The molecule has 2 aromatic rings. The molecule has 0 unspecified atom stereocenters. The van der Waals surface area contributed by atoms with Crippen molar-refractivity contribution in [2.45, 2.75) is 13.5 Å². The molecule has 0 bridgehead atoms. The van der Waals surface area contributed by atoms with Crippen molar-refractivity contribution in [2.24, 2.45) is 0 Å². The summed E-state index contributed by atoms with van der Waals surface area (Å²) in [6, 6.07) is 11.2. The number of benzene rings is 2. The van der Waals surface area contributed by atoms with Crippen LogP contribution in [0.15, 0.2) is 42.5 Å². The molecular weight excluding hydrogens is 275 g/mol. The van der Waals surface area contributed by atoms with E-state index in [1.807, 2.05) is 30.3 Å². The van der Waals surface area contributed by atoms with Crippen molar-refractivity contribution in [3.05, 3.63) is 75.1 Å². The molecule has 2 aromatic carbocycles. The second-order valence-electron chi connectivity index (χ2n) is 4.55. The van der Waals surface area contributed by atoms with E-state index in [2.05, 4.69) is 5.32 Å². The van der Waals surface area contributed by atoms with E-state index in [1.54, 1.807) is 0 Å². The average molecular weight is 288 g/mol. The number of hydrogen-bond acceptors (Lipinski definition) is 3. The molecule has 5 nitrogen and oxygen atoms in total. The van der Waals surface area contributed by atoms with E-state index in [0.717, 1.165) is 17.7 Å². The Morgan fingerprint density at radius 2 is 1.95 bits per heavy atom. The summed E-state index contributed by atoms with van der Waals surface area (Å²) in [4.78, 5) is 22.1. The number of halogens is 1. The zero-order chi connectivity index (χ0) is 15.4. The molecule has 0 aliphatic carbocycles. The molecule has 0 aliphatic heterocycles. The van der Waals surface area contributed by atoms with Gasteiger partial charge in [-0.15, -0.1) is 0 Å². The number of hydrogen-bond donors (Lipinski definition) is 1. The first-order chi connectivity index (χ1) is 9.99. The van der Waals surface area contributed by atoms with Crippen LogP contribution in [0.3, 0.4) is 0 Å². The highest BCUT2D eigenvalue weighted by molar-refractivity contribution is 5.95. The first-order valence-corrected chi connectivity index (χ1v) is 6.25. The molecule has 0 atom stereocenters. The van der Waals surface area contributed by atoms with E-state index in [0.29, 0.717) is 0 Å². The number of rotatable bonds is 4. The number of amides is 1. The maximum Gasteiger partial charge on any atom is 0.270 e. The van der Waals surface area contributed by atoms with Crippen LogP contribution >= 0.6 is 0 Å². The third kappa shape index (κ3) is 3.42. The highest BCUT2D eigenvalue weighted by atomic mass is 19.1. The highest BCUT2D eigenvalue weighted by Gasteiger charge is 2.19. The van der Waals surface area contributed by atoms with Gasteiger partial charge >= 0.3 is 0 Å². The molecule has 21 heavy (non-hydrogen) atoms. The number of nitro benzene ring substituents is 1. The van der Waals surface area contributed by atoms with Crippen LogP contribution in [0.4, 0.5) is 10.1 Å². The Labute approximate surface area is 120 Å². The fourth-order valence-corrected chi connectivity index (χ4v) is 1.89. The molecule has 6 heteroatoms. The monoisotopic (exact) mass is 288 g/mol. The fourth-order valence-electron chi connectivity index (χ4n) is 1.89. The second-order valence-corrected chi connectivity index (χ2v) is 4.55. The molecule has 1 amide bonds. The van der Waals surface area contributed by atoms with Gasteiger partial charge in [0, 0.05) is 18.7 Å². The molecule has 2 rings (SSSR count). The number of carbonyl (C=O) groups is 1. The lowest BCUT2D eigenvalue weighted by Crippen LogP contribution is -2.24. The second kappa shape index (κ2) is 6.13. The maximum atomic E-state index is 13.9. The zero-order valence-electron chi connectivity index (χ0n) is 11.3. The maximum absolute atomic E-state index is 13.9. The SMILES string of the molecule is Cc1cc([N+](=O)[O-])cc(C(=O)NCc2ccccc2)c1F. The third-order valence-corrected chi connectivity index (χ3v) is 2.99. The smallest absolute Gasteiger partial charge is 0.270 e. The summed E-state index contributed by atoms with van der Waals surface area (Å²) in [6.07, 6.45) is 0. The van der Waals surface area contributed by atoms with Gasteiger partial charge in [0.2, 0.25) is 0 Å². The number of nitrogens with one attached hydrogen (secondary N) is 1. The van der Waals surface area contributed by atoms with E-state index in [-0.39, 0.29) is 23.4 Å². The van der Waals surface area contributed by atoms with Crippen LogP contribution < -0.4 is 5.32 Å². The summed E-state index contributed by atoms with van der Waals surface area (Å²) in [7, 11) is 0. The van der Waals surface area contributed by atoms with Crippen LogP contribution in [-0.4, -0.2) is 10.8 Å². The van der Waals surface area contributed by atoms with E-state index < -0.39 is 16.6 Å². The Hall–Kier alpha value is -2.76. The van der Waals surface area contributed by atoms with Gasteiger partial charge in [-0.25, -0.2) is 4.39 Å². The van der Waals surface area contributed by atoms with Gasteiger partial charge < -0.3 is 5.32 Å². The number of nitro groups is 1. The van der Waals surface area contributed by atoms with Gasteiger partial charge in [-0.2, -0.15) is 0 Å². The molecule has 0 heterocycles. The number of nitrogens with zero attached hydrogens (tertiary/aromatic N) is 1. The van der Waals surface area contributed by atoms with E-state index in [9.17, 15) is 19.3 Å². The zero-order valence-corrected chi connectivity index (χ0v) is 11.3. The Morgan fingerprint density at radius 1 is 1.29 bits per heavy atom. The first-order valence-electron chi connectivity index (χ1n) is 6.25. The average Bonchev–Trinajstić information content (AvgIpc) is 2.48. The summed E-state index contributed by atoms with van der Waals surface area (Å²) < 4.78 is 13.9. The van der Waals surface area contributed by atoms with Crippen LogP contribution in [0.2, 0.25) is 0 Å². The topological polar surface area (TPSA) is 72.2 Å². The molecule has 0 aliphatic rings. The summed E-state index contributed by atoms with van der Waals surface area (Å²) in [5.74, 6) is -1.42. The minimum absolute atomic E-state index is 0.0639. The van der Waals surface area contributed by atoms with Gasteiger partial charge in [0.25, 0.3) is 11.6 Å². The Bertz CT molecular complexity index is 687. The van der Waals surface area contributed by atoms with Crippen molar-refractivity contribution in [1.82, 2.24) is 5.32 Å². The van der Waals surface area contributed by atoms with Crippen molar-refractivity contribution in [2.75, 3.05) is 0 Å². The normalized spacial score (nSPS) is 10.2. The van der Waals surface area contributed by atoms with E-state index in [4.69, 9.17) is 0 Å². The number of non-ortho nitro benzene ring substituents is 1. The predicted octanol–water partition coefficient (Wildman–Crippen LogP) is 2.97. The number of aryl methyl sites for hydroxylation is 1. The molecule has 0 saturated carbocycles. The van der Waals surface area contributed by atoms with Crippen LogP contribution in [-0.2, 0) is 6.54 Å². The fraction of sp³-hybridized carbons (Fsp3) is 0.133. The molecule has 108 valence electrons. The first kappa shape index (κ1) is 14.6. The lowest BCUT2D eigenvalue weighted by atomic mass is 10.1. The van der Waals surface area contributed by atoms with E-state index >= 15 is 0 Å². The lowest BCUT2D eigenvalue weighted by Gasteiger charge is -2.08. The van der Waals surface area contributed by atoms with Crippen molar-refractivity contribution in [3.8, 4) is 0 Å². The minimum Gasteiger partial charge on any atom is -0.348 e. The summed E-state index contributed by atoms with van der Waals surface area (Å²) in [5.41, 5.74) is 0.291. The molecule has 0 aromatic heterocycles. The van der Waals surface area contributed by atoms with Gasteiger partial charge in [0.05, 0.1) is 10.5 Å². The summed E-state index contributed by atoms with van der Waals surface area (Å²) >= 11 is 0. The van der Waals surface area contributed by atoms with Crippen LogP contribution in [0, 0.1) is 22.9 Å². The molecule has 0 fully saturated rings. The Balaban J connectivity index is 2.21. The van der Waals surface area contributed by atoms with Gasteiger partial charge in [0.15, 0.2) is 0 Å². The van der Waals surface area contributed by atoms with Gasteiger partial charge in [-0.3, -0.25) is 14.9 Å². The largest absolute Gasteiger partial charge is 0.348 e. The summed E-state index contributed by atoms with van der Waals surface area (Å²) in [5, 5.41) is 13.3. The number of carbonyl (C=O) groups excluding carboxylic acids is 1. The van der Waals surface area contributed by atoms with Crippen LogP contribution in [0.25, 0.3) is 0 Å². The lowest BCUT2D eigenvalue weighted by molar-refractivity contribution is -0.385. The molecule has 0 radical (unpaired) electrons. The van der Waals surface area contributed by atoms with Crippen molar-refractivity contribution in [1.29, 1.82) is 0 Å². The summed E-state index contributed by atoms with van der Waals surface area (Å²) in [6.45, 7) is 1.61. The standard InChI is InChI=1S/C15H13FN2O3/c1-10-7-12(18(20)21)8-13(14(10)16)15(19)17-9-11-5-3-2-4-6-11/h2-8H,9H2,1H3,(H,17,19). The van der Waals surface area contributed by atoms with Crippen LogP contribution in [0.1, 0.15) is 21.5 Å². The Morgan fingerprint density at radius 3 is 2.57 bits per heavy atom. The van der Waals surface area contributed by atoms with Crippen molar-refractivity contribution < 1.29 is 14.1 Å². The Kier molecular flexibility index (Phi) is 4.27. The van der Waals surface area contributed by atoms with Crippen LogP contribution in [0.5, 0.6) is 0 Å². The van der Waals surface area contributed by atoms with Gasteiger partial charge in [-0.05, 0) is 18.1 Å². The van der Waals surface area contributed by atoms with Gasteiger partial charge in [0.1, 0.15) is 5.82 Å². The third-order valence-electron chi connectivity index (χ3n) is 2.99. The highest BCUT2D eigenvalue weighted by Crippen LogP contribution is 2.21.